The average molecular weight is 115 g/mol. The molecule has 0 radical (unpaired) electrons. The molecule has 1 atom stereocenters. The number of alkyl halides is 3. The summed E-state index contributed by atoms with van der Waals surface area (Å²) in [5, 5.41) is 7.54. The minimum absolute atomic E-state index is 2.70. The van der Waals surface area contributed by atoms with Crippen molar-refractivity contribution in [1.29, 1.82) is 0 Å². The fourth-order valence-electron chi connectivity index (χ4n) is 0. The summed E-state index contributed by atoms with van der Waals surface area (Å²) in [7, 11) is 0. The van der Waals surface area contributed by atoms with Crippen LogP contribution in [0.15, 0.2) is 0 Å². The van der Waals surface area contributed by atoms with Crippen LogP contribution in [0.4, 0.5) is 13.2 Å². The number of halogens is 3. The predicted octanol–water partition coefficient (Wildman–Crippen LogP) is -0.174. The van der Waals surface area contributed by atoms with E-state index in [0.717, 1.165) is 0 Å². The SMILES string of the molecule is N[C@H](O)C(F)(F)F. The third-order valence-corrected chi connectivity index (χ3v) is 0.335. The summed E-state index contributed by atoms with van der Waals surface area (Å²) >= 11 is 0. The second-order valence-electron chi connectivity index (χ2n) is 0.986. The summed E-state index contributed by atoms with van der Waals surface area (Å²) in [4.78, 5) is 0. The first kappa shape index (κ1) is 6.71. The summed E-state index contributed by atoms with van der Waals surface area (Å²) in [6, 6.07) is 0. The van der Waals surface area contributed by atoms with Gasteiger partial charge in [0.25, 0.3) is 0 Å². The van der Waals surface area contributed by atoms with Gasteiger partial charge in [0.2, 0.25) is 0 Å². The van der Waals surface area contributed by atoms with Crippen molar-refractivity contribution in [2.45, 2.75) is 12.4 Å². The van der Waals surface area contributed by atoms with Crippen LogP contribution >= 0.6 is 0 Å². The molecule has 0 aliphatic rings. The van der Waals surface area contributed by atoms with Crippen molar-refractivity contribution in [3.8, 4) is 0 Å². The van der Waals surface area contributed by atoms with Crippen LogP contribution in [0.3, 0.4) is 0 Å². The van der Waals surface area contributed by atoms with Crippen molar-refractivity contribution in [3.05, 3.63) is 0 Å². The van der Waals surface area contributed by atoms with E-state index in [1.54, 1.807) is 0 Å². The summed E-state index contributed by atoms with van der Waals surface area (Å²) in [5.41, 5.74) is 4.00. The summed E-state index contributed by atoms with van der Waals surface area (Å²) in [6.07, 6.45) is -7.37. The summed E-state index contributed by atoms with van der Waals surface area (Å²) < 4.78 is 32.4. The zero-order valence-corrected chi connectivity index (χ0v) is 3.24. The van der Waals surface area contributed by atoms with Gasteiger partial charge in [-0.25, -0.2) is 0 Å². The Morgan fingerprint density at radius 2 is 1.57 bits per heavy atom. The van der Waals surface area contributed by atoms with Crippen molar-refractivity contribution in [2.75, 3.05) is 0 Å². The van der Waals surface area contributed by atoms with Crippen molar-refractivity contribution >= 4 is 0 Å². The van der Waals surface area contributed by atoms with E-state index in [-0.39, 0.29) is 0 Å². The molecule has 0 amide bonds. The molecule has 44 valence electrons. The fraction of sp³-hybridized carbons (Fsp3) is 1.00. The molecule has 2 nitrogen and oxygen atoms in total. The Bertz CT molecular complexity index is 58.4. The van der Waals surface area contributed by atoms with Gasteiger partial charge in [0.05, 0.1) is 0 Å². The topological polar surface area (TPSA) is 46.2 Å². The highest BCUT2D eigenvalue weighted by Crippen LogP contribution is 2.15. The van der Waals surface area contributed by atoms with E-state index in [1.807, 2.05) is 0 Å². The number of nitrogens with two attached hydrogens (primary N) is 1. The lowest BCUT2D eigenvalue weighted by Gasteiger charge is -2.06. The molecule has 7 heavy (non-hydrogen) atoms. The first-order valence-electron chi connectivity index (χ1n) is 1.45. The lowest BCUT2D eigenvalue weighted by atomic mass is 10.6. The smallest absolute Gasteiger partial charge is 0.370 e. The molecule has 0 aromatic rings. The molecule has 0 aliphatic heterocycles. The van der Waals surface area contributed by atoms with Crippen LogP contribution in [0.2, 0.25) is 0 Å². The lowest BCUT2D eigenvalue weighted by Crippen LogP contribution is -2.36. The van der Waals surface area contributed by atoms with E-state index in [2.05, 4.69) is 5.73 Å². The van der Waals surface area contributed by atoms with Crippen LogP contribution in [-0.4, -0.2) is 17.5 Å². The largest absolute Gasteiger partial charge is 0.427 e. The molecule has 3 N–H and O–H groups in total. The Kier molecular flexibility index (Phi) is 1.60. The van der Waals surface area contributed by atoms with Crippen LogP contribution in [0, 0.1) is 0 Å². The van der Waals surface area contributed by atoms with E-state index in [9.17, 15) is 13.2 Å². The first-order chi connectivity index (χ1) is 2.94. The van der Waals surface area contributed by atoms with E-state index >= 15 is 0 Å². The van der Waals surface area contributed by atoms with Crippen LogP contribution in [0.1, 0.15) is 0 Å². The third-order valence-electron chi connectivity index (χ3n) is 0.335. The van der Waals surface area contributed by atoms with Gasteiger partial charge in [0.15, 0.2) is 6.23 Å². The maximum Gasteiger partial charge on any atom is 0.427 e. The minimum Gasteiger partial charge on any atom is -0.370 e. The number of hydrogen-bond donors (Lipinski definition) is 2. The normalized spacial score (nSPS) is 16.7. The van der Waals surface area contributed by atoms with Crippen LogP contribution in [0.25, 0.3) is 0 Å². The molecule has 0 rings (SSSR count). The molecule has 0 heterocycles. The van der Waals surface area contributed by atoms with Gasteiger partial charge in [-0.05, 0) is 0 Å². The molecular weight excluding hydrogens is 111 g/mol. The number of aliphatic hydroxyl groups is 1. The highest BCUT2D eigenvalue weighted by atomic mass is 19.4. The van der Waals surface area contributed by atoms with Gasteiger partial charge in [-0.2, -0.15) is 13.2 Å². The molecule has 0 spiro atoms. The van der Waals surface area contributed by atoms with Crippen molar-refractivity contribution in [3.63, 3.8) is 0 Å². The van der Waals surface area contributed by atoms with Gasteiger partial charge >= 0.3 is 6.18 Å². The van der Waals surface area contributed by atoms with Crippen LogP contribution < -0.4 is 5.73 Å². The molecule has 0 aliphatic carbocycles. The zero-order valence-electron chi connectivity index (χ0n) is 3.24. The van der Waals surface area contributed by atoms with Gasteiger partial charge in [-0.1, -0.05) is 0 Å². The number of hydrogen-bond acceptors (Lipinski definition) is 2. The molecule has 0 unspecified atom stereocenters. The second-order valence-corrected chi connectivity index (χ2v) is 0.986. The Morgan fingerprint density at radius 1 is 1.43 bits per heavy atom. The van der Waals surface area contributed by atoms with Gasteiger partial charge in [-0.15, -0.1) is 0 Å². The molecule has 0 aromatic heterocycles. The number of rotatable bonds is 0. The van der Waals surface area contributed by atoms with Gasteiger partial charge in [0.1, 0.15) is 0 Å². The lowest BCUT2D eigenvalue weighted by molar-refractivity contribution is -0.201. The standard InChI is InChI=1S/C2H4F3NO/c3-2(4,5)1(6)7/h1,7H,6H2/t1-/m1/s1. The molecule has 0 bridgehead atoms. The second kappa shape index (κ2) is 1.67. The van der Waals surface area contributed by atoms with E-state index in [4.69, 9.17) is 5.11 Å². The monoisotopic (exact) mass is 115 g/mol. The summed E-state index contributed by atoms with van der Waals surface area (Å²) in [6.45, 7) is 0. The van der Waals surface area contributed by atoms with E-state index in [1.165, 1.54) is 0 Å². The average Bonchev–Trinajstić information content (AvgIpc) is 1.31. The maximum atomic E-state index is 10.8. The fourth-order valence-corrected chi connectivity index (χ4v) is 0. The minimum atomic E-state index is -4.67. The Balaban J connectivity index is 3.54. The first-order valence-corrected chi connectivity index (χ1v) is 1.45. The van der Waals surface area contributed by atoms with Crippen molar-refractivity contribution in [1.82, 2.24) is 0 Å². The van der Waals surface area contributed by atoms with Crippen molar-refractivity contribution < 1.29 is 18.3 Å². The molecule has 0 saturated carbocycles. The third kappa shape index (κ3) is 2.41. The zero-order chi connectivity index (χ0) is 6.08. The van der Waals surface area contributed by atoms with Crippen LogP contribution in [0.5, 0.6) is 0 Å². The van der Waals surface area contributed by atoms with Gasteiger partial charge in [-0.3, -0.25) is 5.73 Å². The highest BCUT2D eigenvalue weighted by Gasteiger charge is 2.34. The Morgan fingerprint density at radius 3 is 1.57 bits per heavy atom. The highest BCUT2D eigenvalue weighted by molar-refractivity contribution is 4.53. The maximum absolute atomic E-state index is 10.8. The molecule has 0 saturated heterocycles. The molecule has 0 fully saturated rings. The predicted molar refractivity (Wildman–Crippen MR) is 16.2 cm³/mol. The van der Waals surface area contributed by atoms with Crippen LogP contribution in [-0.2, 0) is 0 Å². The Labute approximate surface area is 37.7 Å². The van der Waals surface area contributed by atoms with Crippen molar-refractivity contribution in [2.24, 2.45) is 5.73 Å². The van der Waals surface area contributed by atoms with E-state index in [0.29, 0.717) is 0 Å². The van der Waals surface area contributed by atoms with E-state index < -0.39 is 12.4 Å². The molecule has 5 heteroatoms. The summed E-state index contributed by atoms with van der Waals surface area (Å²) in [5.74, 6) is 0. The quantitative estimate of drug-likeness (QED) is 0.430. The molecule has 0 aromatic carbocycles. The molecular formula is C2H4F3NO. The van der Waals surface area contributed by atoms with Gasteiger partial charge < -0.3 is 5.11 Å². The Hall–Kier alpha value is -0.290. The number of aliphatic hydroxyl groups excluding tert-OH is 1. The van der Waals surface area contributed by atoms with Gasteiger partial charge in [0, 0.05) is 0 Å².